The lowest BCUT2D eigenvalue weighted by Gasteiger charge is -2.63. The molecule has 0 spiro atoms. The van der Waals surface area contributed by atoms with Crippen LogP contribution in [0.5, 0.6) is 0 Å². The van der Waals surface area contributed by atoms with E-state index in [1.807, 2.05) is 0 Å². The number of rotatable bonds is 5. The van der Waals surface area contributed by atoms with Crippen LogP contribution in [0.3, 0.4) is 0 Å². The number of likely N-dealkylation sites (tertiary alicyclic amines) is 2. The summed E-state index contributed by atoms with van der Waals surface area (Å²) in [5.41, 5.74) is 2.05. The second-order valence-electron chi connectivity index (χ2n) is 13.8. The first-order valence-corrected chi connectivity index (χ1v) is 15.4. The first-order valence-electron chi connectivity index (χ1n) is 15.4. The topological polar surface area (TPSA) is 24.9 Å². The van der Waals surface area contributed by atoms with E-state index >= 15 is 0 Å². The van der Waals surface area contributed by atoms with E-state index in [0.29, 0.717) is 29.3 Å². The second-order valence-corrected chi connectivity index (χ2v) is 13.8. The van der Waals surface area contributed by atoms with E-state index in [1.165, 1.54) is 116 Å². The van der Waals surface area contributed by atoms with Gasteiger partial charge >= 0.3 is 0 Å². The van der Waals surface area contributed by atoms with Gasteiger partial charge in [0, 0.05) is 17.4 Å². The van der Waals surface area contributed by atoms with E-state index in [-0.39, 0.29) is 11.7 Å². The average Bonchev–Trinajstić information content (AvgIpc) is 3.58. The van der Waals surface area contributed by atoms with E-state index in [9.17, 15) is 0 Å². The number of nitrogens with zero attached hydrogens (tertiary/aromatic N) is 2. The van der Waals surface area contributed by atoms with Gasteiger partial charge in [-0.05, 0) is 121 Å². The van der Waals surface area contributed by atoms with Crippen LogP contribution in [0.25, 0.3) is 0 Å². The van der Waals surface area contributed by atoms with Crippen LogP contribution in [0.1, 0.15) is 97.3 Å². The molecule has 4 heteroatoms. The predicted octanol–water partition coefficient (Wildman–Crippen LogP) is 6.26. The fraction of sp³-hybridized carbons (Fsp3) is 0.935. The Morgan fingerprint density at radius 1 is 0.886 bits per heavy atom. The minimum atomic E-state index is 0.0674. The Labute approximate surface area is 215 Å². The second kappa shape index (κ2) is 10.0. The summed E-state index contributed by atoms with van der Waals surface area (Å²) < 4.78 is 13.3. The van der Waals surface area contributed by atoms with Crippen molar-refractivity contribution in [3.05, 3.63) is 12.2 Å². The van der Waals surface area contributed by atoms with Gasteiger partial charge in [-0.1, -0.05) is 38.8 Å². The SMILES string of the molecule is C=C1CCC2[C@]3(C)CO[C@@H](C4CCCC4)O[C@@H]3CC[C@@]2(C)[C@@H]1CCN1CCC(N2CCCC2)CC1. The Bertz CT molecular complexity index is 751. The highest BCUT2D eigenvalue weighted by Gasteiger charge is 2.60. The first kappa shape index (κ1) is 24.9. The van der Waals surface area contributed by atoms with Gasteiger partial charge in [-0.15, -0.1) is 0 Å². The summed E-state index contributed by atoms with van der Waals surface area (Å²) in [7, 11) is 0. The van der Waals surface area contributed by atoms with Crippen LogP contribution in [0, 0.1) is 28.6 Å². The van der Waals surface area contributed by atoms with Crippen LogP contribution in [-0.4, -0.2) is 67.6 Å². The maximum atomic E-state index is 6.78. The molecule has 6 aliphatic rings. The zero-order valence-corrected chi connectivity index (χ0v) is 22.8. The number of hydrogen-bond acceptors (Lipinski definition) is 4. The lowest BCUT2D eigenvalue weighted by atomic mass is 9.46. The maximum Gasteiger partial charge on any atom is 0.160 e. The Hall–Kier alpha value is -0.420. The normalized spacial score (nSPS) is 44.5. The molecular formula is C31H52N2O2. The molecule has 3 saturated heterocycles. The van der Waals surface area contributed by atoms with Gasteiger partial charge in [0.25, 0.3) is 0 Å². The minimum Gasteiger partial charge on any atom is -0.352 e. The largest absolute Gasteiger partial charge is 0.352 e. The van der Waals surface area contributed by atoms with Crippen LogP contribution in [0.2, 0.25) is 0 Å². The van der Waals surface area contributed by atoms with Crippen molar-refractivity contribution in [1.29, 1.82) is 0 Å². The fourth-order valence-electron chi connectivity index (χ4n) is 9.79. The van der Waals surface area contributed by atoms with Gasteiger partial charge in [0.05, 0.1) is 12.7 Å². The summed E-state index contributed by atoms with van der Waals surface area (Å²) in [6.07, 6.45) is 17.6. The van der Waals surface area contributed by atoms with Crippen LogP contribution in [0.15, 0.2) is 12.2 Å². The van der Waals surface area contributed by atoms with E-state index in [0.717, 1.165) is 12.6 Å². The highest BCUT2D eigenvalue weighted by molar-refractivity contribution is 5.18. The van der Waals surface area contributed by atoms with Crippen molar-refractivity contribution in [3.63, 3.8) is 0 Å². The smallest absolute Gasteiger partial charge is 0.160 e. The van der Waals surface area contributed by atoms with Gasteiger partial charge in [0.2, 0.25) is 0 Å². The molecule has 0 aromatic rings. The quantitative estimate of drug-likeness (QED) is 0.430. The number of fused-ring (bicyclic) bond motifs is 3. The van der Waals surface area contributed by atoms with Crippen molar-refractivity contribution >= 4 is 0 Å². The van der Waals surface area contributed by atoms with E-state index < -0.39 is 0 Å². The van der Waals surface area contributed by atoms with Crippen molar-refractivity contribution in [2.75, 3.05) is 39.3 Å². The highest BCUT2D eigenvalue weighted by Crippen LogP contribution is 2.63. The van der Waals surface area contributed by atoms with Crippen LogP contribution in [0.4, 0.5) is 0 Å². The molecule has 3 saturated carbocycles. The molecule has 6 fully saturated rings. The molecule has 1 unspecified atom stereocenters. The summed E-state index contributed by atoms with van der Waals surface area (Å²) in [4.78, 5) is 5.55. The van der Waals surface area contributed by atoms with Crippen LogP contribution >= 0.6 is 0 Å². The Morgan fingerprint density at radius 3 is 2.37 bits per heavy atom. The standard InChI is InChI=1S/C31H52N2O2/c1-23-10-11-27-30(2,16-12-28-31(27,3)22-34-29(35-28)24-8-4-5-9-24)26(23)15-21-32-19-13-25(14-20-32)33-17-6-7-18-33/h24-29H,1,4-22H2,2-3H3/t26-,27?,28-,29-,30+,31+/m1/s1. The van der Waals surface area contributed by atoms with E-state index in [1.54, 1.807) is 5.57 Å². The van der Waals surface area contributed by atoms with Crippen LogP contribution in [-0.2, 0) is 9.47 Å². The molecule has 3 aliphatic heterocycles. The molecule has 3 aliphatic carbocycles. The van der Waals surface area contributed by atoms with E-state index in [4.69, 9.17) is 9.47 Å². The molecule has 198 valence electrons. The average molecular weight is 485 g/mol. The summed E-state index contributed by atoms with van der Waals surface area (Å²) in [5, 5.41) is 0. The fourth-order valence-corrected chi connectivity index (χ4v) is 9.79. The first-order chi connectivity index (χ1) is 17.0. The molecule has 0 amide bonds. The molecule has 0 N–H and O–H groups in total. The van der Waals surface area contributed by atoms with Gasteiger partial charge < -0.3 is 19.3 Å². The van der Waals surface area contributed by atoms with Crippen molar-refractivity contribution in [3.8, 4) is 0 Å². The molecule has 0 aromatic heterocycles. The molecule has 35 heavy (non-hydrogen) atoms. The highest BCUT2D eigenvalue weighted by atomic mass is 16.7. The number of ether oxygens (including phenoxy) is 2. The van der Waals surface area contributed by atoms with Gasteiger partial charge in [0.1, 0.15) is 0 Å². The molecule has 4 nitrogen and oxygen atoms in total. The number of hydrogen-bond donors (Lipinski definition) is 0. The molecular weight excluding hydrogens is 432 g/mol. The molecule has 0 bridgehead atoms. The van der Waals surface area contributed by atoms with Gasteiger partial charge in [0.15, 0.2) is 6.29 Å². The zero-order valence-electron chi connectivity index (χ0n) is 22.8. The van der Waals surface area contributed by atoms with E-state index in [2.05, 4.69) is 30.2 Å². The summed E-state index contributed by atoms with van der Waals surface area (Å²) >= 11 is 0. The third kappa shape index (κ3) is 4.57. The third-order valence-electron chi connectivity index (χ3n) is 11.9. The molecule has 6 atom stereocenters. The van der Waals surface area contributed by atoms with Crippen molar-refractivity contribution in [2.45, 2.75) is 116 Å². The Morgan fingerprint density at radius 2 is 1.63 bits per heavy atom. The minimum absolute atomic E-state index is 0.0674. The third-order valence-corrected chi connectivity index (χ3v) is 11.9. The van der Waals surface area contributed by atoms with Gasteiger partial charge in [-0.25, -0.2) is 0 Å². The summed E-state index contributed by atoms with van der Waals surface area (Å²) in [6, 6.07) is 0.856. The zero-order chi connectivity index (χ0) is 24.0. The molecule has 0 radical (unpaired) electrons. The van der Waals surface area contributed by atoms with Crippen LogP contribution < -0.4 is 0 Å². The summed E-state index contributed by atoms with van der Waals surface area (Å²) in [5.74, 6) is 1.99. The monoisotopic (exact) mass is 484 g/mol. The van der Waals surface area contributed by atoms with Crippen molar-refractivity contribution < 1.29 is 9.47 Å². The lowest BCUT2D eigenvalue weighted by Crippen LogP contribution is -2.62. The molecule has 6 rings (SSSR count). The maximum absolute atomic E-state index is 6.78. The van der Waals surface area contributed by atoms with Gasteiger partial charge in [-0.2, -0.15) is 0 Å². The molecule has 0 aromatic carbocycles. The van der Waals surface area contributed by atoms with Crippen molar-refractivity contribution in [2.24, 2.45) is 28.6 Å². The Balaban J connectivity index is 1.08. The lowest BCUT2D eigenvalue weighted by molar-refractivity contribution is -0.316. The molecule has 3 heterocycles. The summed E-state index contributed by atoms with van der Waals surface area (Å²) in [6.45, 7) is 17.3. The van der Waals surface area contributed by atoms with Crippen molar-refractivity contribution in [1.82, 2.24) is 9.80 Å². The number of piperidine rings is 1. The Kier molecular flexibility index (Phi) is 7.14. The predicted molar refractivity (Wildman–Crippen MR) is 142 cm³/mol. The van der Waals surface area contributed by atoms with Gasteiger partial charge in [-0.3, -0.25) is 0 Å². The number of allylic oxidation sites excluding steroid dienone is 1.